The minimum absolute atomic E-state index is 0.0664. The van der Waals surface area contributed by atoms with Crippen LogP contribution in [0.1, 0.15) is 12.8 Å². The number of rotatable bonds is 4. The lowest BCUT2D eigenvalue weighted by molar-refractivity contribution is -0.120. The minimum atomic E-state index is 0.0664. The van der Waals surface area contributed by atoms with Crippen LogP contribution in [0.4, 0.5) is 5.69 Å². The van der Waals surface area contributed by atoms with Crippen LogP contribution in [0.25, 0.3) is 0 Å². The molecule has 2 rings (SSSR count). The van der Waals surface area contributed by atoms with Gasteiger partial charge in [0.05, 0.1) is 28.7 Å². The molecule has 1 aromatic rings. The van der Waals surface area contributed by atoms with E-state index in [4.69, 9.17) is 39.5 Å². The maximum absolute atomic E-state index is 11.6. The van der Waals surface area contributed by atoms with Gasteiger partial charge in [-0.3, -0.25) is 4.79 Å². The molecule has 1 aliphatic rings. The standard InChI is InChI=1S/C14H16Cl3NO2/c1-20-14-7-12(10(16)6-11(14)17)18-4-2-9(3-5-18)13(19)8-15/h6-7,9H,2-5,8H2,1H3. The summed E-state index contributed by atoms with van der Waals surface area (Å²) in [5.74, 6) is 0.896. The van der Waals surface area contributed by atoms with E-state index in [1.54, 1.807) is 13.2 Å². The molecule has 6 heteroatoms. The summed E-state index contributed by atoms with van der Waals surface area (Å²) in [5.41, 5.74) is 0.893. The van der Waals surface area contributed by atoms with E-state index in [0.717, 1.165) is 31.6 Å². The Kier molecular flexibility index (Phi) is 5.42. The summed E-state index contributed by atoms with van der Waals surface area (Å²) in [6.45, 7) is 1.55. The van der Waals surface area contributed by atoms with Crippen molar-refractivity contribution >= 4 is 46.3 Å². The first kappa shape index (κ1) is 15.7. The topological polar surface area (TPSA) is 29.5 Å². The van der Waals surface area contributed by atoms with Crippen molar-refractivity contribution in [3.63, 3.8) is 0 Å². The van der Waals surface area contributed by atoms with Crippen LogP contribution < -0.4 is 9.64 Å². The highest BCUT2D eigenvalue weighted by molar-refractivity contribution is 6.37. The molecule has 0 radical (unpaired) electrons. The van der Waals surface area contributed by atoms with Crippen LogP contribution in [-0.2, 0) is 4.79 Å². The van der Waals surface area contributed by atoms with Gasteiger partial charge < -0.3 is 9.64 Å². The van der Waals surface area contributed by atoms with Gasteiger partial charge in [-0.1, -0.05) is 23.2 Å². The number of nitrogens with zero attached hydrogens (tertiary/aromatic N) is 1. The normalized spacial score (nSPS) is 16.3. The second-order valence-electron chi connectivity index (χ2n) is 4.80. The molecule has 0 atom stereocenters. The summed E-state index contributed by atoms with van der Waals surface area (Å²) in [5, 5.41) is 1.09. The molecule has 3 nitrogen and oxygen atoms in total. The Morgan fingerprint density at radius 1 is 1.30 bits per heavy atom. The Bertz CT molecular complexity index is 499. The molecule has 0 amide bonds. The first-order valence-corrected chi connectivity index (χ1v) is 7.72. The van der Waals surface area contributed by atoms with Gasteiger partial charge >= 0.3 is 0 Å². The highest BCUT2D eigenvalue weighted by Gasteiger charge is 2.25. The number of methoxy groups -OCH3 is 1. The summed E-state index contributed by atoms with van der Waals surface area (Å²) >= 11 is 17.9. The van der Waals surface area contributed by atoms with Gasteiger partial charge in [0.25, 0.3) is 0 Å². The van der Waals surface area contributed by atoms with Crippen molar-refractivity contribution in [2.75, 3.05) is 31.0 Å². The molecular weight excluding hydrogens is 321 g/mol. The van der Waals surface area contributed by atoms with E-state index in [0.29, 0.717) is 15.8 Å². The van der Waals surface area contributed by atoms with Crippen molar-refractivity contribution in [2.24, 2.45) is 5.92 Å². The maximum atomic E-state index is 11.6. The third-order valence-electron chi connectivity index (χ3n) is 3.64. The monoisotopic (exact) mass is 335 g/mol. The summed E-state index contributed by atoms with van der Waals surface area (Å²) in [4.78, 5) is 13.8. The molecule has 0 saturated carbocycles. The van der Waals surface area contributed by atoms with Gasteiger partial charge in [0.2, 0.25) is 0 Å². The average molecular weight is 337 g/mol. The molecule has 1 aliphatic heterocycles. The van der Waals surface area contributed by atoms with Crippen LogP contribution in [0.5, 0.6) is 5.75 Å². The third kappa shape index (κ3) is 3.33. The number of benzene rings is 1. The van der Waals surface area contributed by atoms with Gasteiger partial charge in [0.1, 0.15) is 5.75 Å². The number of halogens is 3. The predicted molar refractivity (Wildman–Crippen MR) is 83.7 cm³/mol. The van der Waals surface area contributed by atoms with E-state index in [2.05, 4.69) is 4.90 Å². The van der Waals surface area contributed by atoms with Gasteiger partial charge in [-0.05, 0) is 18.9 Å². The zero-order valence-electron chi connectivity index (χ0n) is 11.2. The van der Waals surface area contributed by atoms with Crippen molar-refractivity contribution in [2.45, 2.75) is 12.8 Å². The first-order chi connectivity index (χ1) is 9.56. The van der Waals surface area contributed by atoms with E-state index < -0.39 is 0 Å². The van der Waals surface area contributed by atoms with Crippen molar-refractivity contribution in [3.05, 3.63) is 22.2 Å². The Labute approximate surface area is 133 Å². The molecule has 0 aliphatic carbocycles. The zero-order chi connectivity index (χ0) is 14.7. The fraction of sp³-hybridized carbons (Fsp3) is 0.500. The molecule has 0 spiro atoms. The third-order valence-corrected chi connectivity index (χ3v) is 4.51. The van der Waals surface area contributed by atoms with Crippen molar-refractivity contribution in [3.8, 4) is 5.75 Å². The number of carbonyl (C=O) groups excluding carboxylic acids is 1. The van der Waals surface area contributed by atoms with Crippen molar-refractivity contribution < 1.29 is 9.53 Å². The molecule has 0 aromatic heterocycles. The first-order valence-electron chi connectivity index (χ1n) is 6.43. The van der Waals surface area contributed by atoms with E-state index in [1.165, 1.54) is 0 Å². The highest BCUT2D eigenvalue weighted by atomic mass is 35.5. The molecule has 1 heterocycles. The predicted octanol–water partition coefficient (Wildman–Crippen LogP) is 4.03. The number of hydrogen-bond donors (Lipinski definition) is 0. The molecule has 1 saturated heterocycles. The summed E-state index contributed by atoms with van der Waals surface area (Å²) < 4.78 is 5.22. The van der Waals surface area contributed by atoms with Gasteiger partial charge in [0, 0.05) is 25.1 Å². The maximum Gasteiger partial charge on any atom is 0.150 e. The molecular formula is C14H16Cl3NO2. The number of ether oxygens (including phenoxy) is 1. The Hall–Kier alpha value is -0.640. The number of piperidine rings is 1. The second-order valence-corrected chi connectivity index (χ2v) is 5.88. The number of hydrogen-bond acceptors (Lipinski definition) is 3. The van der Waals surface area contributed by atoms with Crippen molar-refractivity contribution in [1.82, 2.24) is 0 Å². The minimum Gasteiger partial charge on any atom is -0.495 e. The number of carbonyl (C=O) groups is 1. The number of alkyl halides is 1. The number of Topliss-reactive ketones (excluding diaryl/α,β-unsaturated/α-hetero) is 1. The highest BCUT2D eigenvalue weighted by Crippen LogP contribution is 2.37. The van der Waals surface area contributed by atoms with Crippen LogP contribution in [0.15, 0.2) is 12.1 Å². The van der Waals surface area contributed by atoms with Crippen LogP contribution in [0.3, 0.4) is 0 Å². The van der Waals surface area contributed by atoms with Gasteiger partial charge in [0.15, 0.2) is 5.78 Å². The lowest BCUT2D eigenvalue weighted by Crippen LogP contribution is -2.36. The van der Waals surface area contributed by atoms with E-state index in [-0.39, 0.29) is 17.6 Å². The fourth-order valence-corrected chi connectivity index (χ4v) is 3.27. The van der Waals surface area contributed by atoms with E-state index >= 15 is 0 Å². The molecule has 20 heavy (non-hydrogen) atoms. The Balaban J connectivity index is 2.12. The second kappa shape index (κ2) is 6.88. The fourth-order valence-electron chi connectivity index (χ4n) is 2.47. The van der Waals surface area contributed by atoms with Crippen LogP contribution in [0, 0.1) is 5.92 Å². The average Bonchev–Trinajstić information content (AvgIpc) is 2.47. The molecule has 0 unspecified atom stereocenters. The lowest BCUT2D eigenvalue weighted by Gasteiger charge is -2.33. The lowest BCUT2D eigenvalue weighted by atomic mass is 9.93. The van der Waals surface area contributed by atoms with Crippen LogP contribution in [0.2, 0.25) is 10.0 Å². The number of anilines is 1. The quantitative estimate of drug-likeness (QED) is 0.778. The Morgan fingerprint density at radius 3 is 2.50 bits per heavy atom. The van der Waals surface area contributed by atoms with Crippen LogP contribution in [-0.4, -0.2) is 31.9 Å². The van der Waals surface area contributed by atoms with E-state index in [1.807, 2.05) is 6.07 Å². The Morgan fingerprint density at radius 2 is 1.95 bits per heavy atom. The van der Waals surface area contributed by atoms with Crippen molar-refractivity contribution in [1.29, 1.82) is 0 Å². The summed E-state index contributed by atoms with van der Waals surface area (Å²) in [6, 6.07) is 3.53. The molecule has 0 bridgehead atoms. The van der Waals surface area contributed by atoms with Crippen LogP contribution >= 0.6 is 34.8 Å². The largest absolute Gasteiger partial charge is 0.495 e. The number of ketones is 1. The molecule has 110 valence electrons. The van der Waals surface area contributed by atoms with Gasteiger partial charge in [-0.2, -0.15) is 0 Å². The molecule has 1 fully saturated rings. The molecule has 0 N–H and O–H groups in total. The summed E-state index contributed by atoms with van der Waals surface area (Å²) in [6.07, 6.45) is 1.60. The zero-order valence-corrected chi connectivity index (χ0v) is 13.4. The smallest absolute Gasteiger partial charge is 0.150 e. The summed E-state index contributed by atoms with van der Waals surface area (Å²) in [7, 11) is 1.57. The molecule has 1 aromatic carbocycles. The SMILES string of the molecule is COc1cc(N2CCC(C(=O)CCl)CC2)c(Cl)cc1Cl. The van der Waals surface area contributed by atoms with Gasteiger partial charge in [-0.25, -0.2) is 0 Å². The van der Waals surface area contributed by atoms with Gasteiger partial charge in [-0.15, -0.1) is 11.6 Å². The van der Waals surface area contributed by atoms with E-state index in [9.17, 15) is 4.79 Å².